The lowest BCUT2D eigenvalue weighted by molar-refractivity contribution is 0.761. The molecule has 3 aromatic rings. The molecule has 8 heteroatoms. The monoisotopic (exact) mass is 338 g/mol. The second-order valence-corrected chi connectivity index (χ2v) is 6.16. The van der Waals surface area contributed by atoms with Gasteiger partial charge in [0.2, 0.25) is 0 Å². The Labute approximate surface area is 143 Å². The zero-order valence-electron chi connectivity index (χ0n) is 13.8. The summed E-state index contributed by atoms with van der Waals surface area (Å²) in [6.07, 6.45) is 4.41. The summed E-state index contributed by atoms with van der Waals surface area (Å²) in [5, 5.41) is 3.50. The van der Waals surface area contributed by atoms with Gasteiger partial charge in [0.1, 0.15) is 11.3 Å². The van der Waals surface area contributed by atoms with Crippen LogP contribution in [0.1, 0.15) is 6.42 Å². The van der Waals surface area contributed by atoms with E-state index in [-0.39, 0.29) is 11.6 Å². The molecule has 2 N–H and O–H groups in total. The van der Waals surface area contributed by atoms with Gasteiger partial charge in [-0.1, -0.05) is 0 Å². The van der Waals surface area contributed by atoms with Crippen molar-refractivity contribution in [3.05, 3.63) is 57.5 Å². The van der Waals surface area contributed by atoms with E-state index in [1.165, 1.54) is 13.1 Å². The molecule has 1 fully saturated rings. The van der Waals surface area contributed by atoms with E-state index in [0.29, 0.717) is 12.4 Å². The number of aromatic nitrogens is 4. The van der Waals surface area contributed by atoms with Crippen molar-refractivity contribution in [2.75, 3.05) is 23.3 Å². The quantitative estimate of drug-likeness (QED) is 0.730. The second kappa shape index (κ2) is 6.04. The van der Waals surface area contributed by atoms with Gasteiger partial charge in [-0.15, -0.1) is 0 Å². The average molecular weight is 338 g/mol. The molecule has 0 amide bonds. The first-order valence-electron chi connectivity index (χ1n) is 8.13. The van der Waals surface area contributed by atoms with Crippen LogP contribution in [0.4, 0.5) is 11.5 Å². The third kappa shape index (κ3) is 2.86. The van der Waals surface area contributed by atoms with Crippen LogP contribution < -0.4 is 21.5 Å². The topological polar surface area (TPSA) is 95.9 Å². The summed E-state index contributed by atoms with van der Waals surface area (Å²) in [5.41, 5.74) is 1.92. The zero-order valence-corrected chi connectivity index (χ0v) is 13.8. The summed E-state index contributed by atoms with van der Waals surface area (Å²) in [4.78, 5) is 37.1. The lowest BCUT2D eigenvalue weighted by Gasteiger charge is -2.19. The maximum Gasteiger partial charge on any atom is 0.329 e. The second-order valence-electron chi connectivity index (χ2n) is 6.16. The van der Waals surface area contributed by atoms with Crippen LogP contribution in [0.15, 0.2) is 46.2 Å². The molecule has 0 radical (unpaired) electrons. The minimum absolute atomic E-state index is 0.195. The molecule has 1 atom stereocenters. The Balaban J connectivity index is 1.55. The number of nitrogens with zero attached hydrogens (tertiary/aromatic N) is 4. The van der Waals surface area contributed by atoms with Crippen LogP contribution in [0.5, 0.6) is 0 Å². The smallest absolute Gasteiger partial charge is 0.329 e. The molecule has 8 nitrogen and oxygen atoms in total. The maximum atomic E-state index is 11.8. The zero-order chi connectivity index (χ0) is 17.4. The maximum absolute atomic E-state index is 11.8. The molecular formula is C17H18N6O2. The van der Waals surface area contributed by atoms with Gasteiger partial charge in [0.25, 0.3) is 5.56 Å². The van der Waals surface area contributed by atoms with Gasteiger partial charge in [0.15, 0.2) is 0 Å². The number of fused-ring (bicyclic) bond motifs is 1. The number of aromatic amines is 1. The van der Waals surface area contributed by atoms with Crippen LogP contribution in [0, 0.1) is 0 Å². The number of pyridine rings is 2. The molecule has 128 valence electrons. The minimum Gasteiger partial charge on any atom is -0.379 e. The van der Waals surface area contributed by atoms with Gasteiger partial charge in [-0.25, -0.2) is 4.79 Å². The number of rotatable bonds is 3. The minimum atomic E-state index is -0.400. The molecule has 0 aromatic carbocycles. The van der Waals surface area contributed by atoms with E-state index in [1.54, 1.807) is 12.4 Å². The van der Waals surface area contributed by atoms with Crippen LogP contribution in [0.3, 0.4) is 0 Å². The van der Waals surface area contributed by atoms with Crippen LogP contribution in [-0.2, 0) is 7.05 Å². The molecule has 4 heterocycles. The van der Waals surface area contributed by atoms with Crippen molar-refractivity contribution in [3.8, 4) is 0 Å². The molecule has 0 aliphatic carbocycles. The van der Waals surface area contributed by atoms with E-state index in [2.05, 4.69) is 20.3 Å². The Kier molecular flexibility index (Phi) is 3.72. The summed E-state index contributed by atoms with van der Waals surface area (Å²) in [6, 6.07) is 7.37. The van der Waals surface area contributed by atoms with E-state index < -0.39 is 5.69 Å². The summed E-state index contributed by atoms with van der Waals surface area (Å²) >= 11 is 0. The van der Waals surface area contributed by atoms with Crippen molar-refractivity contribution in [1.82, 2.24) is 19.5 Å². The van der Waals surface area contributed by atoms with Gasteiger partial charge in [-0.2, -0.15) is 0 Å². The van der Waals surface area contributed by atoms with Gasteiger partial charge in [-0.3, -0.25) is 24.3 Å². The first kappa shape index (κ1) is 15.4. The lowest BCUT2D eigenvalue weighted by atomic mass is 10.2. The van der Waals surface area contributed by atoms with Crippen molar-refractivity contribution in [3.63, 3.8) is 0 Å². The first-order valence-corrected chi connectivity index (χ1v) is 8.13. The lowest BCUT2D eigenvalue weighted by Crippen LogP contribution is -2.35. The van der Waals surface area contributed by atoms with Gasteiger partial charge in [-0.05, 0) is 24.6 Å². The summed E-state index contributed by atoms with van der Waals surface area (Å²) in [6.45, 7) is 1.46. The number of H-pyrrole nitrogens is 1. The van der Waals surface area contributed by atoms with Crippen molar-refractivity contribution in [1.29, 1.82) is 0 Å². The Morgan fingerprint density at radius 3 is 2.96 bits per heavy atom. The van der Waals surface area contributed by atoms with Gasteiger partial charge < -0.3 is 10.2 Å². The Morgan fingerprint density at radius 1 is 1.24 bits per heavy atom. The van der Waals surface area contributed by atoms with E-state index in [0.717, 1.165) is 34.3 Å². The van der Waals surface area contributed by atoms with Crippen LogP contribution in [0.25, 0.3) is 11.0 Å². The van der Waals surface area contributed by atoms with Crippen molar-refractivity contribution >= 4 is 22.5 Å². The van der Waals surface area contributed by atoms with E-state index in [9.17, 15) is 9.59 Å². The molecule has 0 saturated carbocycles. The molecule has 1 saturated heterocycles. The van der Waals surface area contributed by atoms with Crippen molar-refractivity contribution in [2.45, 2.75) is 12.5 Å². The summed E-state index contributed by atoms with van der Waals surface area (Å²) in [5.74, 6) is 0.565. The molecule has 4 rings (SSSR count). The number of nitrogens with one attached hydrogen (secondary N) is 2. The van der Waals surface area contributed by atoms with Crippen LogP contribution in [-0.4, -0.2) is 38.7 Å². The predicted molar refractivity (Wildman–Crippen MR) is 96.1 cm³/mol. The highest BCUT2D eigenvalue weighted by atomic mass is 16.2. The number of anilines is 2. The Bertz CT molecular complexity index is 1000. The SMILES string of the molecule is Cn1c(=O)cc(N2CC[C@@H](Nc3ccnc4cccnc34)C2)[nH]c1=O. The molecule has 1 aliphatic heterocycles. The fourth-order valence-electron chi connectivity index (χ4n) is 3.13. The summed E-state index contributed by atoms with van der Waals surface area (Å²) in [7, 11) is 1.46. The van der Waals surface area contributed by atoms with Crippen molar-refractivity contribution in [2.24, 2.45) is 7.05 Å². The normalized spacial score (nSPS) is 17.2. The summed E-state index contributed by atoms with van der Waals surface area (Å²) < 4.78 is 1.06. The van der Waals surface area contributed by atoms with Crippen LogP contribution >= 0.6 is 0 Å². The third-order valence-corrected chi connectivity index (χ3v) is 4.52. The molecule has 0 bridgehead atoms. The highest BCUT2D eigenvalue weighted by Crippen LogP contribution is 2.23. The molecular weight excluding hydrogens is 320 g/mol. The molecule has 0 spiro atoms. The molecule has 3 aromatic heterocycles. The average Bonchev–Trinajstić information content (AvgIpc) is 3.08. The van der Waals surface area contributed by atoms with E-state index >= 15 is 0 Å². The highest BCUT2D eigenvalue weighted by molar-refractivity contribution is 5.87. The molecule has 1 aliphatic rings. The van der Waals surface area contributed by atoms with Gasteiger partial charge in [0.05, 0.1) is 11.2 Å². The standard InChI is InChI=1S/C17H18N6O2/c1-22-15(24)9-14(21-17(22)25)23-8-5-11(10-23)20-13-4-7-18-12-3-2-6-19-16(12)13/h2-4,6-7,9,11H,5,8,10H2,1H3,(H,18,20)(H,21,25)/t11-/m1/s1. The van der Waals surface area contributed by atoms with Crippen LogP contribution in [0.2, 0.25) is 0 Å². The van der Waals surface area contributed by atoms with Crippen molar-refractivity contribution < 1.29 is 0 Å². The van der Waals surface area contributed by atoms with Gasteiger partial charge in [0, 0.05) is 44.6 Å². The molecule has 25 heavy (non-hydrogen) atoms. The Morgan fingerprint density at radius 2 is 2.12 bits per heavy atom. The number of hydrogen-bond acceptors (Lipinski definition) is 6. The fourth-order valence-corrected chi connectivity index (χ4v) is 3.13. The first-order chi connectivity index (χ1) is 12.1. The largest absolute Gasteiger partial charge is 0.379 e. The highest BCUT2D eigenvalue weighted by Gasteiger charge is 2.24. The Hall–Kier alpha value is -3.16. The fraction of sp³-hybridized carbons (Fsp3) is 0.294. The predicted octanol–water partition coefficient (Wildman–Crippen LogP) is 0.708. The van der Waals surface area contributed by atoms with E-state index in [4.69, 9.17) is 0 Å². The molecule has 0 unspecified atom stereocenters. The van der Waals surface area contributed by atoms with E-state index in [1.807, 2.05) is 23.1 Å². The van der Waals surface area contributed by atoms with Gasteiger partial charge >= 0.3 is 5.69 Å². The third-order valence-electron chi connectivity index (χ3n) is 4.52. The number of hydrogen-bond donors (Lipinski definition) is 2.